The van der Waals surface area contributed by atoms with Gasteiger partial charge < -0.3 is 5.32 Å². The monoisotopic (exact) mass is 209 g/mol. The number of hydrogen-bond acceptors (Lipinski definition) is 4. The van der Waals surface area contributed by atoms with Gasteiger partial charge in [0.15, 0.2) is 0 Å². The second kappa shape index (κ2) is 4.09. The van der Waals surface area contributed by atoms with Gasteiger partial charge in [0.2, 0.25) is 5.13 Å². The Balaban J connectivity index is 1.96. The third kappa shape index (κ3) is 2.12. The Hall–Kier alpha value is -0.900. The molecule has 0 saturated carbocycles. The van der Waals surface area contributed by atoms with Crippen molar-refractivity contribution in [2.45, 2.75) is 38.6 Å². The number of nitrogens with one attached hydrogen (secondary N) is 1. The molecule has 0 aliphatic heterocycles. The van der Waals surface area contributed by atoms with E-state index in [1.807, 2.05) is 0 Å². The molecule has 1 aromatic rings. The van der Waals surface area contributed by atoms with E-state index in [2.05, 4.69) is 40.7 Å². The van der Waals surface area contributed by atoms with Crippen molar-refractivity contribution in [2.24, 2.45) is 0 Å². The summed E-state index contributed by atoms with van der Waals surface area (Å²) in [6.07, 6.45) is 6.64. The maximum Gasteiger partial charge on any atom is 0.202 e. The summed E-state index contributed by atoms with van der Waals surface area (Å²) >= 11 is 1.46. The summed E-state index contributed by atoms with van der Waals surface area (Å²) in [5.74, 6) is 1.37. The van der Waals surface area contributed by atoms with Crippen molar-refractivity contribution in [1.82, 2.24) is 9.36 Å². The molecular formula is C10H15N3S. The first-order chi connectivity index (χ1) is 6.75. The van der Waals surface area contributed by atoms with E-state index in [9.17, 15) is 0 Å². The molecule has 1 aliphatic rings. The molecule has 1 aromatic heterocycles. The van der Waals surface area contributed by atoms with E-state index >= 15 is 0 Å². The van der Waals surface area contributed by atoms with E-state index in [-0.39, 0.29) is 0 Å². The highest BCUT2D eigenvalue weighted by atomic mass is 32.1. The molecular weight excluding hydrogens is 194 g/mol. The van der Waals surface area contributed by atoms with Gasteiger partial charge in [-0.05, 0) is 12.8 Å². The summed E-state index contributed by atoms with van der Waals surface area (Å²) in [6.45, 7) is 4.23. The number of aromatic nitrogens is 2. The molecule has 1 heterocycles. The maximum absolute atomic E-state index is 4.44. The van der Waals surface area contributed by atoms with Crippen LogP contribution in [-0.2, 0) is 0 Å². The van der Waals surface area contributed by atoms with Crippen molar-refractivity contribution in [3.8, 4) is 0 Å². The predicted octanol–water partition coefficient (Wildman–Crippen LogP) is 2.79. The molecule has 0 unspecified atom stereocenters. The zero-order chi connectivity index (χ0) is 9.97. The lowest BCUT2D eigenvalue weighted by Gasteiger charge is -2.08. The first-order valence-corrected chi connectivity index (χ1v) is 5.78. The molecule has 4 heteroatoms. The van der Waals surface area contributed by atoms with Crippen LogP contribution >= 0.6 is 11.5 Å². The van der Waals surface area contributed by atoms with E-state index in [0.717, 1.165) is 23.8 Å². The largest absolute Gasteiger partial charge is 0.357 e. The fraction of sp³-hybridized carbons (Fsp3) is 0.600. The van der Waals surface area contributed by atoms with Crippen molar-refractivity contribution in [3.05, 3.63) is 18.0 Å². The molecule has 0 amide bonds. The van der Waals surface area contributed by atoms with E-state index < -0.39 is 0 Å². The molecule has 0 spiro atoms. The Morgan fingerprint density at radius 1 is 1.43 bits per heavy atom. The van der Waals surface area contributed by atoms with Crippen molar-refractivity contribution in [3.63, 3.8) is 0 Å². The summed E-state index contributed by atoms with van der Waals surface area (Å²) < 4.78 is 4.31. The minimum absolute atomic E-state index is 0.420. The average Bonchev–Trinajstić information content (AvgIpc) is 2.75. The van der Waals surface area contributed by atoms with Crippen molar-refractivity contribution in [1.29, 1.82) is 0 Å². The third-order valence-electron chi connectivity index (χ3n) is 2.29. The number of rotatable bonds is 3. The van der Waals surface area contributed by atoms with Gasteiger partial charge in [0.05, 0.1) is 0 Å². The highest BCUT2D eigenvalue weighted by Gasteiger charge is 2.13. The maximum atomic E-state index is 4.44. The SMILES string of the molecule is CC(C)c1nsc(NC2CC=CC2)n1. The Bertz CT molecular complexity index is 322. The van der Waals surface area contributed by atoms with Crippen LogP contribution in [-0.4, -0.2) is 15.4 Å². The molecule has 0 fully saturated rings. The van der Waals surface area contributed by atoms with E-state index in [0.29, 0.717) is 12.0 Å². The molecule has 0 aromatic carbocycles. The fourth-order valence-electron chi connectivity index (χ4n) is 1.44. The molecule has 3 nitrogen and oxygen atoms in total. The Morgan fingerprint density at radius 2 is 2.14 bits per heavy atom. The third-order valence-corrected chi connectivity index (χ3v) is 2.95. The number of anilines is 1. The van der Waals surface area contributed by atoms with Crippen LogP contribution in [0.2, 0.25) is 0 Å². The lowest BCUT2D eigenvalue weighted by atomic mass is 10.2. The van der Waals surface area contributed by atoms with Gasteiger partial charge in [0.25, 0.3) is 0 Å². The van der Waals surface area contributed by atoms with Crippen LogP contribution in [0.1, 0.15) is 38.4 Å². The molecule has 0 atom stereocenters. The highest BCUT2D eigenvalue weighted by molar-refractivity contribution is 7.09. The first kappa shape index (κ1) is 9.65. The normalized spacial score (nSPS) is 16.8. The van der Waals surface area contributed by atoms with E-state index in [1.54, 1.807) is 0 Å². The van der Waals surface area contributed by atoms with Crippen molar-refractivity contribution in [2.75, 3.05) is 5.32 Å². The molecule has 0 bridgehead atoms. The number of nitrogens with zero attached hydrogens (tertiary/aromatic N) is 2. The van der Waals surface area contributed by atoms with Gasteiger partial charge in [-0.15, -0.1) is 0 Å². The minimum atomic E-state index is 0.420. The standard InChI is InChI=1S/C10H15N3S/c1-7(2)9-12-10(14-13-9)11-8-5-3-4-6-8/h3-4,7-8H,5-6H2,1-2H3,(H,11,12,13). The number of hydrogen-bond donors (Lipinski definition) is 1. The van der Waals surface area contributed by atoms with Crippen LogP contribution < -0.4 is 5.32 Å². The van der Waals surface area contributed by atoms with Gasteiger partial charge in [0, 0.05) is 23.5 Å². The Morgan fingerprint density at radius 3 is 2.71 bits per heavy atom. The van der Waals surface area contributed by atoms with Crippen LogP contribution in [0.15, 0.2) is 12.2 Å². The van der Waals surface area contributed by atoms with Gasteiger partial charge in [-0.1, -0.05) is 26.0 Å². The zero-order valence-electron chi connectivity index (χ0n) is 8.53. The molecule has 14 heavy (non-hydrogen) atoms. The molecule has 1 N–H and O–H groups in total. The Kier molecular flexibility index (Phi) is 2.82. The fourth-order valence-corrected chi connectivity index (χ4v) is 2.22. The minimum Gasteiger partial charge on any atom is -0.357 e. The highest BCUT2D eigenvalue weighted by Crippen LogP contribution is 2.21. The van der Waals surface area contributed by atoms with Crippen LogP contribution in [0.3, 0.4) is 0 Å². The molecule has 76 valence electrons. The topological polar surface area (TPSA) is 37.8 Å². The molecule has 1 aliphatic carbocycles. The summed E-state index contributed by atoms with van der Waals surface area (Å²) in [7, 11) is 0. The van der Waals surface area contributed by atoms with E-state index in [1.165, 1.54) is 11.5 Å². The smallest absolute Gasteiger partial charge is 0.202 e. The summed E-state index contributed by atoms with van der Waals surface area (Å²) in [5, 5.41) is 4.36. The summed E-state index contributed by atoms with van der Waals surface area (Å²) in [6, 6.07) is 0.531. The second-order valence-corrected chi connectivity index (χ2v) is 4.65. The van der Waals surface area contributed by atoms with Crippen LogP contribution in [0, 0.1) is 0 Å². The Labute approximate surface area is 88.4 Å². The zero-order valence-corrected chi connectivity index (χ0v) is 9.34. The van der Waals surface area contributed by atoms with Crippen LogP contribution in [0.5, 0.6) is 0 Å². The quantitative estimate of drug-likeness (QED) is 0.778. The van der Waals surface area contributed by atoms with Gasteiger partial charge >= 0.3 is 0 Å². The van der Waals surface area contributed by atoms with Crippen molar-refractivity contribution >= 4 is 16.7 Å². The molecule has 2 rings (SSSR count). The summed E-state index contributed by atoms with van der Waals surface area (Å²) in [5.41, 5.74) is 0. The van der Waals surface area contributed by atoms with Crippen molar-refractivity contribution < 1.29 is 0 Å². The van der Waals surface area contributed by atoms with Gasteiger partial charge in [0.1, 0.15) is 5.82 Å². The molecule has 0 saturated heterocycles. The lowest BCUT2D eigenvalue weighted by Crippen LogP contribution is -2.14. The first-order valence-electron chi connectivity index (χ1n) is 5.01. The van der Waals surface area contributed by atoms with Gasteiger partial charge in [-0.2, -0.15) is 4.37 Å². The van der Waals surface area contributed by atoms with Crippen LogP contribution in [0.4, 0.5) is 5.13 Å². The van der Waals surface area contributed by atoms with Crippen LogP contribution in [0.25, 0.3) is 0 Å². The molecule has 0 radical (unpaired) electrons. The predicted molar refractivity (Wildman–Crippen MR) is 59.8 cm³/mol. The average molecular weight is 209 g/mol. The summed E-state index contributed by atoms with van der Waals surface area (Å²) in [4.78, 5) is 4.44. The second-order valence-electron chi connectivity index (χ2n) is 3.90. The lowest BCUT2D eigenvalue weighted by molar-refractivity contribution is 0.772. The van der Waals surface area contributed by atoms with Gasteiger partial charge in [-0.3, -0.25) is 0 Å². The van der Waals surface area contributed by atoms with Gasteiger partial charge in [-0.25, -0.2) is 4.98 Å². The van der Waals surface area contributed by atoms with E-state index in [4.69, 9.17) is 0 Å².